The molecular formula is C25H18ClN3O7. The summed E-state index contributed by atoms with van der Waals surface area (Å²) < 4.78 is 11.2. The number of imide groups is 2. The number of carbonyl (C=O) groups is 3. The third kappa shape index (κ3) is 5.03. The number of halogens is 1. The minimum atomic E-state index is -0.976. The molecule has 0 unspecified atom stereocenters. The summed E-state index contributed by atoms with van der Waals surface area (Å²) in [5.41, 5.74) is 0.764. The largest absolute Gasteiger partial charge is 0.493 e. The zero-order valence-corrected chi connectivity index (χ0v) is 19.5. The van der Waals surface area contributed by atoms with E-state index in [1.54, 1.807) is 0 Å². The summed E-state index contributed by atoms with van der Waals surface area (Å²) in [7, 11) is 1.42. The average Bonchev–Trinajstić information content (AvgIpc) is 2.86. The summed E-state index contributed by atoms with van der Waals surface area (Å²) in [4.78, 5) is 48.9. The van der Waals surface area contributed by atoms with Crippen LogP contribution in [-0.2, 0) is 16.2 Å². The Morgan fingerprint density at radius 1 is 1.06 bits per heavy atom. The van der Waals surface area contributed by atoms with Crippen LogP contribution in [0.2, 0.25) is 5.02 Å². The number of amides is 4. The van der Waals surface area contributed by atoms with Gasteiger partial charge in [-0.25, -0.2) is 9.69 Å². The van der Waals surface area contributed by atoms with E-state index in [-0.39, 0.29) is 40.1 Å². The quantitative estimate of drug-likeness (QED) is 0.216. The molecule has 10 nitrogen and oxygen atoms in total. The summed E-state index contributed by atoms with van der Waals surface area (Å²) in [6.07, 6.45) is 1.26. The molecule has 0 aliphatic carbocycles. The number of hydrogen-bond acceptors (Lipinski definition) is 7. The van der Waals surface area contributed by atoms with Gasteiger partial charge in [0.2, 0.25) is 0 Å². The number of non-ortho nitro benzene ring substituents is 1. The van der Waals surface area contributed by atoms with E-state index in [9.17, 15) is 24.5 Å². The predicted octanol–water partition coefficient (Wildman–Crippen LogP) is 4.50. The maximum absolute atomic E-state index is 13.1. The van der Waals surface area contributed by atoms with Crippen molar-refractivity contribution in [3.05, 3.63) is 98.6 Å². The maximum Gasteiger partial charge on any atom is 0.335 e. The molecule has 0 saturated carbocycles. The maximum atomic E-state index is 13.1. The first kappa shape index (κ1) is 24.4. The fraction of sp³-hybridized carbons (Fsp3) is 0.0800. The third-order valence-electron chi connectivity index (χ3n) is 5.21. The summed E-state index contributed by atoms with van der Waals surface area (Å²) in [5.74, 6) is -1.25. The first-order chi connectivity index (χ1) is 17.3. The number of carbonyl (C=O) groups excluding carboxylic acids is 3. The first-order valence-electron chi connectivity index (χ1n) is 10.5. The van der Waals surface area contributed by atoms with Gasteiger partial charge in [-0.2, -0.15) is 0 Å². The summed E-state index contributed by atoms with van der Waals surface area (Å²) in [5, 5.41) is 13.2. The number of rotatable bonds is 7. The van der Waals surface area contributed by atoms with Gasteiger partial charge in [0.25, 0.3) is 17.5 Å². The van der Waals surface area contributed by atoms with Gasteiger partial charge >= 0.3 is 6.03 Å². The number of ether oxygens (including phenoxy) is 2. The lowest BCUT2D eigenvalue weighted by Crippen LogP contribution is -2.54. The van der Waals surface area contributed by atoms with Crippen LogP contribution in [0.4, 0.5) is 16.2 Å². The number of nitrogens with zero attached hydrogens (tertiary/aromatic N) is 2. The Morgan fingerprint density at radius 3 is 2.39 bits per heavy atom. The van der Waals surface area contributed by atoms with Crippen molar-refractivity contribution in [2.24, 2.45) is 0 Å². The van der Waals surface area contributed by atoms with Crippen LogP contribution in [0.1, 0.15) is 11.1 Å². The number of methoxy groups -OCH3 is 1. The molecule has 1 fully saturated rings. The van der Waals surface area contributed by atoms with Gasteiger partial charge in [0, 0.05) is 12.1 Å². The molecule has 0 radical (unpaired) electrons. The summed E-state index contributed by atoms with van der Waals surface area (Å²) in [6.45, 7) is 0.241. The lowest BCUT2D eigenvalue weighted by atomic mass is 10.1. The van der Waals surface area contributed by atoms with Gasteiger partial charge < -0.3 is 9.47 Å². The van der Waals surface area contributed by atoms with Gasteiger partial charge in [0.1, 0.15) is 12.2 Å². The highest BCUT2D eigenvalue weighted by molar-refractivity contribution is 6.39. The van der Waals surface area contributed by atoms with E-state index in [1.165, 1.54) is 37.5 Å². The minimum Gasteiger partial charge on any atom is -0.493 e. The molecule has 1 aliphatic heterocycles. The molecule has 0 atom stereocenters. The van der Waals surface area contributed by atoms with Crippen molar-refractivity contribution in [2.45, 2.75) is 6.61 Å². The third-order valence-corrected chi connectivity index (χ3v) is 5.49. The van der Waals surface area contributed by atoms with E-state index < -0.39 is 22.8 Å². The Morgan fingerprint density at radius 2 is 1.75 bits per heavy atom. The van der Waals surface area contributed by atoms with E-state index in [4.69, 9.17) is 21.1 Å². The van der Waals surface area contributed by atoms with Gasteiger partial charge in [-0.3, -0.25) is 25.0 Å². The topological polar surface area (TPSA) is 128 Å². The molecule has 0 bridgehead atoms. The lowest BCUT2D eigenvalue weighted by Gasteiger charge is -2.26. The highest BCUT2D eigenvalue weighted by atomic mass is 35.5. The number of nitro groups is 1. The number of nitro benzene ring substituents is 1. The SMILES string of the molecule is COc1cc(/C=C2\C(=O)NC(=O)N(c3ccc([N+](=O)[O-])cc3)C2=O)cc(Cl)c1OCc1ccccc1. The fourth-order valence-electron chi connectivity index (χ4n) is 3.47. The van der Waals surface area contributed by atoms with Crippen LogP contribution in [0.5, 0.6) is 11.5 Å². The van der Waals surface area contributed by atoms with Gasteiger partial charge in [-0.05, 0) is 41.5 Å². The Bertz CT molecular complexity index is 1390. The van der Waals surface area contributed by atoms with Crippen LogP contribution in [-0.4, -0.2) is 29.9 Å². The number of hydrogen-bond donors (Lipinski definition) is 1. The van der Waals surface area contributed by atoms with Crippen molar-refractivity contribution in [1.29, 1.82) is 0 Å². The second-order valence-electron chi connectivity index (χ2n) is 7.54. The molecule has 1 saturated heterocycles. The number of benzene rings is 3. The van der Waals surface area contributed by atoms with Crippen molar-refractivity contribution in [3.63, 3.8) is 0 Å². The van der Waals surface area contributed by atoms with E-state index >= 15 is 0 Å². The predicted molar refractivity (Wildman–Crippen MR) is 131 cm³/mol. The van der Waals surface area contributed by atoms with E-state index in [1.807, 2.05) is 30.3 Å². The highest BCUT2D eigenvalue weighted by Gasteiger charge is 2.37. The summed E-state index contributed by atoms with van der Waals surface area (Å²) in [6, 6.07) is 16.3. The number of nitrogens with one attached hydrogen (secondary N) is 1. The van der Waals surface area contributed by atoms with Crippen molar-refractivity contribution in [3.8, 4) is 11.5 Å². The van der Waals surface area contributed by atoms with E-state index in [2.05, 4.69) is 5.32 Å². The average molecular weight is 508 g/mol. The molecular weight excluding hydrogens is 490 g/mol. The molecule has 1 heterocycles. The second-order valence-corrected chi connectivity index (χ2v) is 7.95. The number of barbiturate groups is 1. The number of urea groups is 1. The molecule has 1 aliphatic rings. The van der Waals surface area contributed by atoms with Gasteiger partial charge in [0.05, 0.1) is 22.7 Å². The molecule has 4 rings (SSSR count). The van der Waals surface area contributed by atoms with Crippen LogP contribution in [0.15, 0.2) is 72.3 Å². The molecule has 0 aromatic heterocycles. The van der Waals surface area contributed by atoms with Gasteiger partial charge in [-0.1, -0.05) is 41.9 Å². The molecule has 36 heavy (non-hydrogen) atoms. The Kier molecular flexibility index (Phi) is 6.98. The van der Waals surface area contributed by atoms with Crippen molar-refractivity contribution in [1.82, 2.24) is 5.32 Å². The zero-order valence-electron chi connectivity index (χ0n) is 18.8. The van der Waals surface area contributed by atoms with Crippen LogP contribution in [0.25, 0.3) is 6.08 Å². The molecule has 3 aromatic carbocycles. The minimum absolute atomic E-state index is 0.0572. The standard InChI is InChI=1S/C25H18ClN3O7/c1-35-21-13-16(12-20(26)22(21)36-14-15-5-3-2-4-6-15)11-19-23(30)27-25(32)28(24(19)31)17-7-9-18(10-8-17)29(33)34/h2-13H,14H2,1H3,(H,27,30,32)/b19-11+. The normalized spacial score (nSPS) is 14.6. The Hall–Kier alpha value is -4.70. The van der Waals surface area contributed by atoms with E-state index in [0.717, 1.165) is 17.7 Å². The zero-order chi connectivity index (χ0) is 25.8. The van der Waals surface area contributed by atoms with Crippen molar-refractivity contribution < 1.29 is 28.8 Å². The fourth-order valence-corrected chi connectivity index (χ4v) is 3.75. The summed E-state index contributed by atoms with van der Waals surface area (Å²) >= 11 is 6.42. The molecule has 3 aromatic rings. The monoisotopic (exact) mass is 507 g/mol. The van der Waals surface area contributed by atoms with Crippen LogP contribution in [0, 0.1) is 10.1 Å². The lowest BCUT2D eigenvalue weighted by molar-refractivity contribution is -0.384. The van der Waals surface area contributed by atoms with Gasteiger partial charge in [-0.15, -0.1) is 0 Å². The van der Waals surface area contributed by atoms with E-state index in [0.29, 0.717) is 10.5 Å². The van der Waals surface area contributed by atoms with Crippen molar-refractivity contribution in [2.75, 3.05) is 12.0 Å². The second kappa shape index (κ2) is 10.3. The Balaban J connectivity index is 1.63. The molecule has 0 spiro atoms. The molecule has 182 valence electrons. The smallest absolute Gasteiger partial charge is 0.335 e. The molecule has 4 amide bonds. The van der Waals surface area contributed by atoms with Crippen LogP contribution in [0.3, 0.4) is 0 Å². The molecule has 11 heteroatoms. The first-order valence-corrected chi connectivity index (χ1v) is 10.9. The van der Waals surface area contributed by atoms with Crippen molar-refractivity contribution >= 4 is 46.9 Å². The van der Waals surface area contributed by atoms with Gasteiger partial charge in [0.15, 0.2) is 11.5 Å². The Labute approximate surface area is 209 Å². The highest BCUT2D eigenvalue weighted by Crippen LogP contribution is 2.38. The number of anilines is 1. The van der Waals surface area contributed by atoms with Crippen LogP contribution >= 0.6 is 11.6 Å². The molecule has 1 N–H and O–H groups in total. The van der Waals surface area contributed by atoms with Crippen LogP contribution < -0.4 is 19.7 Å².